The van der Waals surface area contributed by atoms with Gasteiger partial charge in [-0.05, 0) is 36.0 Å². The van der Waals surface area contributed by atoms with Crippen LogP contribution in [0.5, 0.6) is 0 Å². The minimum Gasteiger partial charge on any atom is -0.461 e. The highest BCUT2D eigenvalue weighted by Gasteiger charge is 2.02. The quantitative estimate of drug-likeness (QED) is 0.562. The zero-order chi connectivity index (χ0) is 8.97. The van der Waals surface area contributed by atoms with Crippen molar-refractivity contribution in [3.05, 3.63) is 28.7 Å². The molecule has 0 aromatic heterocycles. The van der Waals surface area contributed by atoms with E-state index in [0.29, 0.717) is 0 Å². The fourth-order valence-electron chi connectivity index (χ4n) is 0.641. The zero-order valence-corrected chi connectivity index (χ0v) is 8.81. The minimum atomic E-state index is -0.294. The molecule has 64 valence electrons. The molecule has 0 saturated heterocycles. The number of carbonyl (C=O) groups excluding carboxylic acids is 1. The van der Waals surface area contributed by atoms with E-state index in [4.69, 9.17) is 0 Å². The maximum absolute atomic E-state index is 10.8. The Bertz CT molecular complexity index is 271. The number of carbonyl (C=O) groups is 1. The molecule has 0 fully saturated rings. The Balaban J connectivity index is 2.64. The Kier molecular flexibility index (Phi) is 3.62. The van der Waals surface area contributed by atoms with Gasteiger partial charge in [-0.2, -0.15) is 0 Å². The van der Waals surface area contributed by atoms with Gasteiger partial charge >= 0.3 is 5.30 Å². The van der Waals surface area contributed by atoms with Crippen molar-refractivity contribution in [3.8, 4) is 0 Å². The largest absolute Gasteiger partial charge is 0.461 e. The van der Waals surface area contributed by atoms with Gasteiger partial charge in [0.15, 0.2) is 0 Å². The van der Waals surface area contributed by atoms with Crippen LogP contribution in [0.2, 0.25) is 0 Å². The highest BCUT2D eigenvalue weighted by Crippen LogP contribution is 2.21. The fraction of sp³-hybridized carbons (Fsp3) is 0.125. The van der Waals surface area contributed by atoms with Gasteiger partial charge in [0.05, 0.1) is 7.11 Å². The van der Waals surface area contributed by atoms with Crippen molar-refractivity contribution in [2.24, 2.45) is 0 Å². The summed E-state index contributed by atoms with van der Waals surface area (Å²) in [6.07, 6.45) is 0. The van der Waals surface area contributed by atoms with Crippen molar-refractivity contribution in [2.75, 3.05) is 7.11 Å². The second kappa shape index (κ2) is 4.52. The number of rotatable bonds is 1. The van der Waals surface area contributed by atoms with E-state index in [9.17, 15) is 4.79 Å². The Morgan fingerprint density at radius 3 is 2.50 bits per heavy atom. The third-order valence-corrected chi connectivity index (χ3v) is 2.55. The number of hydrogen-bond acceptors (Lipinski definition) is 3. The molecule has 4 heteroatoms. The molecule has 0 heterocycles. The van der Waals surface area contributed by atoms with Crippen LogP contribution in [0.25, 0.3) is 0 Å². The monoisotopic (exact) mass is 246 g/mol. The van der Waals surface area contributed by atoms with Gasteiger partial charge in [0.25, 0.3) is 0 Å². The maximum atomic E-state index is 10.8. The smallest absolute Gasteiger partial charge is 0.371 e. The minimum absolute atomic E-state index is 0.294. The summed E-state index contributed by atoms with van der Waals surface area (Å²) in [6, 6.07) is 7.47. The van der Waals surface area contributed by atoms with E-state index in [1.165, 1.54) is 7.11 Å². The van der Waals surface area contributed by atoms with Gasteiger partial charge in [-0.25, -0.2) is 4.79 Å². The molecule has 0 aliphatic carbocycles. The average molecular weight is 247 g/mol. The summed E-state index contributed by atoms with van der Waals surface area (Å²) in [6.45, 7) is 0. The molecular weight excluding hydrogens is 240 g/mol. The lowest BCUT2D eigenvalue weighted by atomic mass is 10.4. The van der Waals surface area contributed by atoms with Gasteiger partial charge in [-0.1, -0.05) is 15.9 Å². The Labute approximate surface area is 83.4 Å². The number of halogens is 1. The third kappa shape index (κ3) is 2.87. The second-order valence-electron chi connectivity index (χ2n) is 2.01. The number of thioether (sulfide) groups is 1. The van der Waals surface area contributed by atoms with Crippen molar-refractivity contribution in [1.29, 1.82) is 0 Å². The van der Waals surface area contributed by atoms with Crippen LogP contribution >= 0.6 is 27.7 Å². The van der Waals surface area contributed by atoms with Crippen LogP contribution < -0.4 is 0 Å². The van der Waals surface area contributed by atoms with Crippen LogP contribution in [0, 0.1) is 0 Å². The molecule has 0 spiro atoms. The highest BCUT2D eigenvalue weighted by atomic mass is 79.9. The fourth-order valence-corrected chi connectivity index (χ4v) is 1.45. The highest BCUT2D eigenvalue weighted by molar-refractivity contribution is 9.10. The van der Waals surface area contributed by atoms with E-state index in [1.807, 2.05) is 24.3 Å². The molecule has 0 radical (unpaired) electrons. The van der Waals surface area contributed by atoms with Crippen molar-refractivity contribution >= 4 is 33.0 Å². The van der Waals surface area contributed by atoms with Gasteiger partial charge in [-0.3, -0.25) is 0 Å². The summed E-state index contributed by atoms with van der Waals surface area (Å²) >= 11 is 4.37. The topological polar surface area (TPSA) is 26.3 Å². The summed E-state index contributed by atoms with van der Waals surface area (Å²) < 4.78 is 5.49. The predicted molar refractivity (Wildman–Crippen MR) is 52.4 cm³/mol. The lowest BCUT2D eigenvalue weighted by molar-refractivity contribution is 0.200. The van der Waals surface area contributed by atoms with Gasteiger partial charge in [0.2, 0.25) is 0 Å². The van der Waals surface area contributed by atoms with E-state index in [2.05, 4.69) is 20.7 Å². The number of methoxy groups -OCH3 is 1. The molecule has 0 aliphatic heterocycles. The SMILES string of the molecule is COC(=O)Sc1ccc(Br)cc1. The lowest BCUT2D eigenvalue weighted by Crippen LogP contribution is -1.89. The van der Waals surface area contributed by atoms with Crippen LogP contribution in [0.4, 0.5) is 4.79 Å². The first-order valence-corrected chi connectivity index (χ1v) is 4.84. The van der Waals surface area contributed by atoms with Crippen LogP contribution in [0.3, 0.4) is 0 Å². The van der Waals surface area contributed by atoms with Gasteiger partial charge in [0, 0.05) is 9.37 Å². The Hall–Kier alpha value is -0.480. The van der Waals surface area contributed by atoms with E-state index in [-0.39, 0.29) is 5.30 Å². The molecule has 0 unspecified atom stereocenters. The van der Waals surface area contributed by atoms with Crippen LogP contribution in [0.1, 0.15) is 0 Å². The first kappa shape index (κ1) is 9.61. The normalized spacial score (nSPS) is 9.50. The van der Waals surface area contributed by atoms with E-state index < -0.39 is 0 Å². The van der Waals surface area contributed by atoms with Crippen LogP contribution in [-0.2, 0) is 4.74 Å². The Morgan fingerprint density at radius 2 is 2.00 bits per heavy atom. The number of hydrogen-bond donors (Lipinski definition) is 0. The molecule has 0 bridgehead atoms. The molecule has 1 aromatic carbocycles. The first-order valence-electron chi connectivity index (χ1n) is 3.24. The van der Waals surface area contributed by atoms with Crippen LogP contribution in [0.15, 0.2) is 33.6 Å². The Morgan fingerprint density at radius 1 is 1.42 bits per heavy atom. The van der Waals surface area contributed by atoms with Crippen LogP contribution in [-0.4, -0.2) is 12.4 Å². The summed E-state index contributed by atoms with van der Waals surface area (Å²) in [4.78, 5) is 11.7. The summed E-state index contributed by atoms with van der Waals surface area (Å²) in [5.41, 5.74) is 0. The molecule has 0 atom stereocenters. The second-order valence-corrected chi connectivity index (χ2v) is 3.93. The molecule has 12 heavy (non-hydrogen) atoms. The molecule has 0 N–H and O–H groups in total. The van der Waals surface area contributed by atoms with Gasteiger partial charge < -0.3 is 4.74 Å². The van der Waals surface area contributed by atoms with Gasteiger partial charge in [0.1, 0.15) is 0 Å². The molecule has 0 amide bonds. The molecule has 1 rings (SSSR count). The standard InChI is InChI=1S/C8H7BrO2S/c1-11-8(10)12-7-4-2-6(9)3-5-7/h2-5H,1H3. The first-order chi connectivity index (χ1) is 5.72. The zero-order valence-electron chi connectivity index (χ0n) is 6.41. The number of benzene rings is 1. The predicted octanol–water partition coefficient (Wildman–Crippen LogP) is 3.31. The van der Waals surface area contributed by atoms with E-state index >= 15 is 0 Å². The lowest BCUT2D eigenvalue weighted by Gasteiger charge is -1.97. The molecular formula is C8H7BrO2S. The maximum Gasteiger partial charge on any atom is 0.371 e. The van der Waals surface area contributed by atoms with E-state index in [1.54, 1.807) is 0 Å². The van der Waals surface area contributed by atoms with Crippen molar-refractivity contribution in [3.63, 3.8) is 0 Å². The van der Waals surface area contributed by atoms with E-state index in [0.717, 1.165) is 21.1 Å². The van der Waals surface area contributed by atoms with Crippen molar-refractivity contribution in [2.45, 2.75) is 4.90 Å². The summed E-state index contributed by atoms with van der Waals surface area (Å²) in [5.74, 6) is 0. The van der Waals surface area contributed by atoms with Crippen molar-refractivity contribution < 1.29 is 9.53 Å². The molecule has 0 aliphatic rings. The summed E-state index contributed by atoms with van der Waals surface area (Å²) in [7, 11) is 1.37. The molecule has 0 saturated carbocycles. The molecule has 2 nitrogen and oxygen atoms in total. The third-order valence-electron chi connectivity index (χ3n) is 1.18. The molecule has 1 aromatic rings. The summed E-state index contributed by atoms with van der Waals surface area (Å²) in [5, 5.41) is -0.294. The average Bonchev–Trinajstić information content (AvgIpc) is 2.09. The van der Waals surface area contributed by atoms with Crippen molar-refractivity contribution in [1.82, 2.24) is 0 Å². The number of ether oxygens (including phenoxy) is 1. The van der Waals surface area contributed by atoms with Gasteiger partial charge in [-0.15, -0.1) is 0 Å².